The number of aromatic nitrogens is 1. The Kier molecular flexibility index (Phi) is 7.14. The molecule has 1 aromatic carbocycles. The van der Waals surface area contributed by atoms with Crippen LogP contribution in [0.1, 0.15) is 23.1 Å². The second kappa shape index (κ2) is 9.12. The van der Waals surface area contributed by atoms with Gasteiger partial charge in [0, 0.05) is 39.2 Å². The molecule has 0 N–H and O–H groups in total. The Morgan fingerprint density at radius 1 is 1.04 bits per heavy atom. The maximum atomic E-state index is 13.3. The second-order valence-electron chi connectivity index (χ2n) is 6.06. The highest BCUT2D eigenvalue weighted by molar-refractivity contribution is 7.89. The molecule has 0 saturated carbocycles. The number of nitrogens with zero attached hydrogens (tertiary/aromatic N) is 2. The quantitative estimate of drug-likeness (QED) is 0.628. The Bertz CT molecular complexity index is 823. The Labute approximate surface area is 155 Å². The van der Waals surface area contributed by atoms with Crippen molar-refractivity contribution < 1.29 is 17.9 Å². The summed E-state index contributed by atoms with van der Waals surface area (Å²) in [5.41, 5.74) is 2.43. The highest BCUT2D eigenvalue weighted by Gasteiger charge is 2.27. The molecule has 0 amide bonds. The molecule has 0 aliphatic heterocycles. The predicted molar refractivity (Wildman–Crippen MR) is 101 cm³/mol. The van der Waals surface area contributed by atoms with Crippen molar-refractivity contribution in [2.75, 3.05) is 27.4 Å². The molecule has 6 nitrogen and oxygen atoms in total. The van der Waals surface area contributed by atoms with Gasteiger partial charge in [-0.15, -0.1) is 0 Å². The summed E-state index contributed by atoms with van der Waals surface area (Å²) in [6.45, 7) is 4.85. The smallest absolute Gasteiger partial charge is 0.243 e. The third-order valence-corrected chi connectivity index (χ3v) is 6.38. The molecule has 0 saturated heterocycles. The van der Waals surface area contributed by atoms with E-state index in [9.17, 15) is 8.42 Å². The van der Waals surface area contributed by atoms with E-state index in [0.717, 1.165) is 11.1 Å². The van der Waals surface area contributed by atoms with Gasteiger partial charge in [-0.1, -0.05) is 0 Å². The Morgan fingerprint density at radius 2 is 1.73 bits per heavy atom. The molecular formula is C19H26N2O4S. The summed E-state index contributed by atoms with van der Waals surface area (Å²) in [5, 5.41) is 0. The number of methoxy groups -OCH3 is 2. The Hall–Kier alpha value is -1.96. The van der Waals surface area contributed by atoms with Gasteiger partial charge >= 0.3 is 0 Å². The summed E-state index contributed by atoms with van der Waals surface area (Å²) in [6, 6.07) is 6.97. The summed E-state index contributed by atoms with van der Waals surface area (Å²) < 4.78 is 38.5. The summed E-state index contributed by atoms with van der Waals surface area (Å²) in [7, 11) is -0.466. The fourth-order valence-electron chi connectivity index (χ4n) is 2.77. The molecule has 1 aromatic heterocycles. The lowest BCUT2D eigenvalue weighted by atomic mass is 10.1. The molecule has 0 atom stereocenters. The highest BCUT2D eigenvalue weighted by Crippen LogP contribution is 2.29. The molecule has 0 spiro atoms. The van der Waals surface area contributed by atoms with Gasteiger partial charge in [-0.2, -0.15) is 4.31 Å². The van der Waals surface area contributed by atoms with Crippen LogP contribution in [0.4, 0.5) is 0 Å². The molecule has 0 aliphatic rings. The molecule has 2 rings (SSSR count). The van der Waals surface area contributed by atoms with Gasteiger partial charge in [0.15, 0.2) is 0 Å². The van der Waals surface area contributed by atoms with E-state index in [0.29, 0.717) is 42.3 Å². The van der Waals surface area contributed by atoms with Crippen LogP contribution in [-0.4, -0.2) is 45.1 Å². The molecule has 7 heteroatoms. The van der Waals surface area contributed by atoms with Gasteiger partial charge in [0.25, 0.3) is 0 Å². The molecule has 142 valence electrons. The fraction of sp³-hybridized carbons (Fsp3) is 0.421. The third kappa shape index (κ3) is 4.60. The summed E-state index contributed by atoms with van der Waals surface area (Å²) in [4.78, 5) is 4.30. The third-order valence-electron chi connectivity index (χ3n) is 4.39. The second-order valence-corrected chi connectivity index (χ2v) is 7.96. The van der Waals surface area contributed by atoms with Crippen LogP contribution in [0.3, 0.4) is 0 Å². The summed E-state index contributed by atoms with van der Waals surface area (Å²) in [5.74, 6) is 0.682. The Morgan fingerprint density at radius 3 is 2.35 bits per heavy atom. The standard InChI is InChI=1S/C19H26N2O4S/c1-15-16(2)19(7-6-18(15)25-4)26(22,23)21(12-5-13-24-3)14-17-8-10-20-11-9-17/h6-11H,5,12-14H2,1-4H3. The van der Waals surface area contributed by atoms with E-state index in [2.05, 4.69) is 4.98 Å². The van der Waals surface area contributed by atoms with Crippen LogP contribution < -0.4 is 4.74 Å². The van der Waals surface area contributed by atoms with E-state index in [1.165, 1.54) is 4.31 Å². The van der Waals surface area contributed by atoms with Crippen LogP contribution in [0, 0.1) is 13.8 Å². The topological polar surface area (TPSA) is 68.7 Å². The van der Waals surface area contributed by atoms with Crippen LogP contribution in [0.15, 0.2) is 41.6 Å². The van der Waals surface area contributed by atoms with Gasteiger partial charge in [0.1, 0.15) is 5.75 Å². The maximum absolute atomic E-state index is 13.3. The molecule has 0 bridgehead atoms. The van der Waals surface area contributed by atoms with Crippen molar-refractivity contribution in [3.63, 3.8) is 0 Å². The average molecular weight is 378 g/mol. The van der Waals surface area contributed by atoms with Crippen molar-refractivity contribution in [2.45, 2.75) is 31.7 Å². The number of hydrogen-bond donors (Lipinski definition) is 0. The first kappa shape index (κ1) is 20.4. The van der Waals surface area contributed by atoms with Crippen LogP contribution in [0.25, 0.3) is 0 Å². The van der Waals surface area contributed by atoms with Crippen molar-refractivity contribution in [3.05, 3.63) is 53.3 Å². The minimum Gasteiger partial charge on any atom is -0.496 e. The van der Waals surface area contributed by atoms with Gasteiger partial charge in [-0.05, 0) is 61.2 Å². The number of hydrogen-bond acceptors (Lipinski definition) is 5. The SMILES string of the molecule is COCCCN(Cc1ccncc1)S(=O)(=O)c1ccc(OC)c(C)c1C. The van der Waals surface area contributed by atoms with Crippen molar-refractivity contribution in [3.8, 4) is 5.75 Å². The zero-order valence-corrected chi connectivity index (χ0v) is 16.5. The van der Waals surface area contributed by atoms with Gasteiger partial charge in [0.2, 0.25) is 10.0 Å². The van der Waals surface area contributed by atoms with Crippen molar-refractivity contribution in [1.29, 1.82) is 0 Å². The van der Waals surface area contributed by atoms with Crippen molar-refractivity contribution in [2.24, 2.45) is 0 Å². The molecular weight excluding hydrogens is 352 g/mol. The number of benzene rings is 1. The molecule has 0 fully saturated rings. The first-order valence-electron chi connectivity index (χ1n) is 8.44. The van der Waals surface area contributed by atoms with Crippen LogP contribution in [0.2, 0.25) is 0 Å². The molecule has 1 heterocycles. The number of rotatable bonds is 9. The predicted octanol–water partition coefficient (Wildman–Crippen LogP) is 2.93. The van der Waals surface area contributed by atoms with Gasteiger partial charge in [-0.25, -0.2) is 8.42 Å². The monoisotopic (exact) mass is 378 g/mol. The van der Waals surface area contributed by atoms with E-state index < -0.39 is 10.0 Å². The molecule has 0 radical (unpaired) electrons. The lowest BCUT2D eigenvalue weighted by molar-refractivity contribution is 0.186. The summed E-state index contributed by atoms with van der Waals surface area (Å²) in [6.07, 6.45) is 3.95. The zero-order chi connectivity index (χ0) is 19.2. The van der Waals surface area contributed by atoms with Crippen LogP contribution in [-0.2, 0) is 21.3 Å². The van der Waals surface area contributed by atoms with Crippen LogP contribution in [0.5, 0.6) is 5.75 Å². The van der Waals surface area contributed by atoms with E-state index in [4.69, 9.17) is 9.47 Å². The molecule has 26 heavy (non-hydrogen) atoms. The summed E-state index contributed by atoms with van der Waals surface area (Å²) >= 11 is 0. The fourth-order valence-corrected chi connectivity index (χ4v) is 4.52. The number of ether oxygens (including phenoxy) is 2. The number of pyridine rings is 1. The van der Waals surface area contributed by atoms with Crippen LogP contribution >= 0.6 is 0 Å². The first-order valence-corrected chi connectivity index (χ1v) is 9.88. The van der Waals surface area contributed by atoms with Crippen molar-refractivity contribution >= 4 is 10.0 Å². The normalized spacial score (nSPS) is 11.7. The van der Waals surface area contributed by atoms with Gasteiger partial charge in [-0.3, -0.25) is 4.98 Å². The van der Waals surface area contributed by atoms with E-state index in [1.807, 2.05) is 26.0 Å². The van der Waals surface area contributed by atoms with E-state index in [1.54, 1.807) is 38.7 Å². The van der Waals surface area contributed by atoms with Gasteiger partial charge in [0.05, 0.1) is 12.0 Å². The first-order chi connectivity index (χ1) is 12.4. The molecule has 0 aliphatic carbocycles. The molecule has 0 unspecified atom stereocenters. The molecule has 2 aromatic rings. The lowest BCUT2D eigenvalue weighted by Gasteiger charge is -2.24. The number of sulfonamides is 1. The minimum absolute atomic E-state index is 0.291. The largest absolute Gasteiger partial charge is 0.496 e. The Balaban J connectivity index is 2.39. The van der Waals surface area contributed by atoms with E-state index >= 15 is 0 Å². The maximum Gasteiger partial charge on any atom is 0.243 e. The zero-order valence-electron chi connectivity index (χ0n) is 15.7. The van der Waals surface area contributed by atoms with Crippen molar-refractivity contribution in [1.82, 2.24) is 9.29 Å². The minimum atomic E-state index is -3.66. The lowest BCUT2D eigenvalue weighted by Crippen LogP contribution is -2.32. The highest BCUT2D eigenvalue weighted by atomic mass is 32.2. The average Bonchev–Trinajstić information content (AvgIpc) is 2.64. The van der Waals surface area contributed by atoms with Gasteiger partial charge < -0.3 is 9.47 Å². The van der Waals surface area contributed by atoms with E-state index in [-0.39, 0.29) is 0 Å².